The molecule has 0 bridgehead atoms. The van der Waals surface area contributed by atoms with Crippen molar-refractivity contribution < 1.29 is 37.3 Å². The number of aryl methyl sites for hydroxylation is 1. The summed E-state index contributed by atoms with van der Waals surface area (Å²) < 4.78 is 54.4. The normalized spacial score (nSPS) is 17.7. The maximum atomic E-state index is 12.5. The second-order valence-electron chi connectivity index (χ2n) is 7.23. The summed E-state index contributed by atoms with van der Waals surface area (Å²) in [6, 6.07) is 9.60. The Labute approximate surface area is 182 Å². The lowest BCUT2D eigenvalue weighted by Crippen LogP contribution is -2.42. The van der Waals surface area contributed by atoms with Gasteiger partial charge in [-0.25, -0.2) is 4.79 Å². The molecule has 0 saturated heterocycles. The predicted octanol–water partition coefficient (Wildman–Crippen LogP) is 5.62. The average Bonchev–Trinajstić information content (AvgIpc) is 3.07. The Kier molecular flexibility index (Phi) is 6.93. The molecule has 168 valence electrons. The molecule has 31 heavy (non-hydrogen) atoms. The van der Waals surface area contributed by atoms with Crippen LogP contribution in [0.3, 0.4) is 0 Å². The average molecular weight is 456 g/mol. The number of fused-ring (bicyclic) bond motifs is 1. The zero-order valence-corrected chi connectivity index (χ0v) is 17.9. The highest BCUT2D eigenvalue weighted by Crippen LogP contribution is 2.40. The largest absolute Gasteiger partial charge is 0.493 e. The highest BCUT2D eigenvalue weighted by molar-refractivity contribution is 8.00. The van der Waals surface area contributed by atoms with Crippen molar-refractivity contribution in [3.05, 3.63) is 47.5 Å². The van der Waals surface area contributed by atoms with Crippen molar-refractivity contribution in [1.82, 2.24) is 0 Å². The number of carboxylic acids is 1. The number of rotatable bonds is 9. The number of alkyl halides is 3. The minimum absolute atomic E-state index is 0.122. The summed E-state index contributed by atoms with van der Waals surface area (Å²) in [4.78, 5) is 11.7. The smallest absolute Gasteiger partial charge is 0.446 e. The van der Waals surface area contributed by atoms with Crippen molar-refractivity contribution in [2.24, 2.45) is 0 Å². The molecule has 1 heterocycles. The van der Waals surface area contributed by atoms with Gasteiger partial charge in [0.15, 0.2) is 0 Å². The molecule has 1 aliphatic rings. The van der Waals surface area contributed by atoms with E-state index in [4.69, 9.17) is 14.2 Å². The van der Waals surface area contributed by atoms with E-state index in [1.165, 1.54) is 18.2 Å². The van der Waals surface area contributed by atoms with Crippen LogP contribution in [0.5, 0.6) is 17.2 Å². The van der Waals surface area contributed by atoms with Crippen LogP contribution in [0.1, 0.15) is 30.9 Å². The monoisotopic (exact) mass is 456 g/mol. The van der Waals surface area contributed by atoms with Crippen LogP contribution in [-0.2, 0) is 11.2 Å². The molecule has 1 atom stereocenters. The molecule has 1 N–H and O–H groups in total. The number of halogens is 3. The molecule has 0 aliphatic carbocycles. The highest BCUT2D eigenvalue weighted by atomic mass is 32.2. The number of benzene rings is 2. The van der Waals surface area contributed by atoms with Gasteiger partial charge in [-0.15, -0.1) is 0 Å². The minimum atomic E-state index is -4.32. The van der Waals surface area contributed by atoms with E-state index in [1.807, 2.05) is 0 Å². The molecule has 0 radical (unpaired) electrons. The van der Waals surface area contributed by atoms with Crippen LogP contribution in [-0.4, -0.2) is 35.4 Å². The molecule has 5 nitrogen and oxygen atoms in total. The first-order chi connectivity index (χ1) is 14.6. The topological polar surface area (TPSA) is 65.0 Å². The molecule has 0 saturated carbocycles. The molecule has 1 unspecified atom stereocenters. The number of hydrogen-bond donors (Lipinski definition) is 1. The molecule has 1 aliphatic heterocycles. The number of carboxylic acid groups (broad SMARTS) is 1. The minimum Gasteiger partial charge on any atom is -0.493 e. The lowest BCUT2D eigenvalue weighted by atomic mass is 9.94. The number of aliphatic carboxylic acids is 1. The van der Waals surface area contributed by atoms with Gasteiger partial charge in [0.05, 0.1) is 13.2 Å². The van der Waals surface area contributed by atoms with Crippen LogP contribution in [0.2, 0.25) is 0 Å². The summed E-state index contributed by atoms with van der Waals surface area (Å²) in [5.41, 5.74) is -4.11. The first-order valence-corrected chi connectivity index (χ1v) is 10.6. The van der Waals surface area contributed by atoms with Crippen LogP contribution in [0.25, 0.3) is 0 Å². The third-order valence-corrected chi connectivity index (χ3v) is 5.69. The molecule has 2 aromatic rings. The Bertz CT molecular complexity index is 947. The summed E-state index contributed by atoms with van der Waals surface area (Å²) in [6.07, 6.45) is 1.22. The quantitative estimate of drug-likeness (QED) is 0.390. The molecular weight excluding hydrogens is 433 g/mol. The van der Waals surface area contributed by atoms with Gasteiger partial charge in [-0.2, -0.15) is 13.2 Å². The van der Waals surface area contributed by atoms with Crippen molar-refractivity contribution >= 4 is 17.7 Å². The molecular formula is C22H23F3O5S. The van der Waals surface area contributed by atoms with E-state index >= 15 is 0 Å². The zero-order chi connectivity index (χ0) is 22.6. The van der Waals surface area contributed by atoms with E-state index in [0.717, 1.165) is 5.56 Å². The van der Waals surface area contributed by atoms with Gasteiger partial charge in [0.25, 0.3) is 0 Å². The molecule has 9 heteroatoms. The Hall–Kier alpha value is -2.55. The first kappa shape index (κ1) is 23.1. The Morgan fingerprint density at radius 1 is 1.19 bits per heavy atom. The van der Waals surface area contributed by atoms with E-state index < -0.39 is 17.1 Å². The molecule has 3 rings (SSSR count). The van der Waals surface area contributed by atoms with Crippen molar-refractivity contribution in [1.29, 1.82) is 0 Å². The van der Waals surface area contributed by atoms with Crippen molar-refractivity contribution in [2.45, 2.75) is 49.1 Å². The molecule has 0 amide bonds. The number of hydrogen-bond acceptors (Lipinski definition) is 5. The number of thioether (sulfide) groups is 1. The summed E-state index contributed by atoms with van der Waals surface area (Å²) in [6.45, 7) is 4.20. The summed E-state index contributed by atoms with van der Waals surface area (Å²) in [5.74, 6) is 0.726. The molecule has 0 aromatic heterocycles. The van der Waals surface area contributed by atoms with E-state index in [0.29, 0.717) is 48.9 Å². The van der Waals surface area contributed by atoms with Crippen LogP contribution >= 0.6 is 11.8 Å². The van der Waals surface area contributed by atoms with Crippen LogP contribution in [0, 0.1) is 6.92 Å². The van der Waals surface area contributed by atoms with Gasteiger partial charge in [-0.1, -0.05) is 6.92 Å². The third-order valence-electron chi connectivity index (χ3n) is 4.97. The fourth-order valence-electron chi connectivity index (χ4n) is 3.32. The SMILES string of the molecule is CCC1(C(=O)O)Cc2cc(OCCCOc3ccc(SC(F)(F)F)cc3C)ccc2O1. The number of ether oxygens (including phenoxy) is 3. The first-order valence-electron chi connectivity index (χ1n) is 9.79. The zero-order valence-electron chi connectivity index (χ0n) is 17.1. The molecule has 2 aromatic carbocycles. The van der Waals surface area contributed by atoms with Gasteiger partial charge in [0.2, 0.25) is 5.60 Å². The van der Waals surface area contributed by atoms with Crippen molar-refractivity contribution in [3.8, 4) is 17.2 Å². The van der Waals surface area contributed by atoms with Gasteiger partial charge >= 0.3 is 11.5 Å². The Morgan fingerprint density at radius 2 is 1.94 bits per heavy atom. The number of carbonyl (C=O) groups is 1. The van der Waals surface area contributed by atoms with Gasteiger partial charge in [-0.3, -0.25) is 0 Å². The van der Waals surface area contributed by atoms with Gasteiger partial charge < -0.3 is 19.3 Å². The second-order valence-corrected chi connectivity index (χ2v) is 8.37. The van der Waals surface area contributed by atoms with Crippen LogP contribution < -0.4 is 14.2 Å². The van der Waals surface area contributed by atoms with E-state index in [1.54, 1.807) is 32.0 Å². The fourth-order valence-corrected chi connectivity index (χ4v) is 3.96. The van der Waals surface area contributed by atoms with Crippen molar-refractivity contribution in [3.63, 3.8) is 0 Å². The summed E-state index contributed by atoms with van der Waals surface area (Å²) in [7, 11) is 0. The standard InChI is InChI=1S/C22H23F3O5S/c1-3-21(20(26)27)13-15-12-16(5-7-19(15)30-21)28-9-4-10-29-18-8-6-17(11-14(18)2)31-22(23,24)25/h5-8,11-12H,3-4,9-10,13H2,1-2H3,(H,26,27). The summed E-state index contributed by atoms with van der Waals surface area (Å²) in [5, 5.41) is 9.46. The highest BCUT2D eigenvalue weighted by Gasteiger charge is 2.45. The predicted molar refractivity (Wildman–Crippen MR) is 110 cm³/mol. The van der Waals surface area contributed by atoms with Crippen molar-refractivity contribution in [2.75, 3.05) is 13.2 Å². The lowest BCUT2D eigenvalue weighted by molar-refractivity contribution is -0.154. The van der Waals surface area contributed by atoms with E-state index in [-0.39, 0.29) is 23.1 Å². The Balaban J connectivity index is 1.46. The van der Waals surface area contributed by atoms with Gasteiger partial charge in [-0.05, 0) is 67.1 Å². The second kappa shape index (κ2) is 9.30. The lowest BCUT2D eigenvalue weighted by Gasteiger charge is -2.21. The summed E-state index contributed by atoms with van der Waals surface area (Å²) >= 11 is -0.153. The van der Waals surface area contributed by atoms with Gasteiger partial charge in [0, 0.05) is 23.3 Å². The molecule has 0 fully saturated rings. The molecule has 0 spiro atoms. The maximum Gasteiger partial charge on any atom is 0.446 e. The Morgan fingerprint density at radius 3 is 2.58 bits per heavy atom. The van der Waals surface area contributed by atoms with Gasteiger partial charge in [0.1, 0.15) is 17.2 Å². The van der Waals surface area contributed by atoms with E-state index in [2.05, 4.69) is 0 Å². The van der Waals surface area contributed by atoms with Crippen LogP contribution in [0.15, 0.2) is 41.3 Å². The maximum absolute atomic E-state index is 12.5. The van der Waals surface area contributed by atoms with Crippen LogP contribution in [0.4, 0.5) is 13.2 Å². The van der Waals surface area contributed by atoms with E-state index in [9.17, 15) is 23.1 Å². The fraction of sp³-hybridized carbons (Fsp3) is 0.409. The third kappa shape index (κ3) is 5.78.